The summed E-state index contributed by atoms with van der Waals surface area (Å²) in [5.41, 5.74) is 0.824. The monoisotopic (exact) mass is 380 g/mol. The van der Waals surface area contributed by atoms with Crippen molar-refractivity contribution in [3.63, 3.8) is 0 Å². The molecule has 2 heterocycles. The number of methoxy groups -OCH3 is 1. The Kier molecular flexibility index (Phi) is 5.93. The van der Waals surface area contributed by atoms with Crippen LogP contribution in [-0.2, 0) is 14.3 Å². The lowest BCUT2D eigenvalue weighted by atomic mass is 10.2. The Hall–Kier alpha value is -1.64. The maximum absolute atomic E-state index is 12.7. The molecule has 8 heteroatoms. The van der Waals surface area contributed by atoms with Gasteiger partial charge in [-0.2, -0.15) is 0 Å². The average Bonchev–Trinajstić information content (AvgIpc) is 3.25. The number of anilines is 1. The molecule has 134 valence electrons. The Labute approximate surface area is 154 Å². The highest BCUT2D eigenvalue weighted by molar-refractivity contribution is 8.14. The fraction of sp³-hybridized carbons (Fsp3) is 0.471. The number of carbonyl (C=O) groups is 2. The molecule has 1 fully saturated rings. The largest absolute Gasteiger partial charge is 0.497 e. The average molecular weight is 380 g/mol. The molecule has 1 aliphatic heterocycles. The minimum absolute atomic E-state index is 0.0211. The van der Waals surface area contributed by atoms with E-state index in [-0.39, 0.29) is 22.9 Å². The van der Waals surface area contributed by atoms with Crippen molar-refractivity contribution >= 4 is 49.5 Å². The zero-order valence-electron chi connectivity index (χ0n) is 14.2. The number of aromatic nitrogens is 1. The van der Waals surface area contributed by atoms with Crippen LogP contribution in [-0.4, -0.2) is 48.1 Å². The number of nitrogens with zero attached hydrogens (tertiary/aromatic N) is 2. The number of hydrogen-bond acceptors (Lipinski definition) is 7. The second kappa shape index (κ2) is 8.16. The summed E-state index contributed by atoms with van der Waals surface area (Å²) in [7, 11) is 1.62. The highest BCUT2D eigenvalue weighted by Gasteiger charge is 2.26. The lowest BCUT2D eigenvalue weighted by molar-refractivity contribution is -0.117. The molecule has 1 aromatic carbocycles. The molecule has 0 bridgehead atoms. The molecule has 0 spiro atoms. The highest BCUT2D eigenvalue weighted by Crippen LogP contribution is 2.32. The first-order valence-electron chi connectivity index (χ1n) is 8.06. The fourth-order valence-corrected chi connectivity index (χ4v) is 4.16. The van der Waals surface area contributed by atoms with Crippen molar-refractivity contribution in [2.24, 2.45) is 0 Å². The van der Waals surface area contributed by atoms with E-state index in [2.05, 4.69) is 4.98 Å². The summed E-state index contributed by atoms with van der Waals surface area (Å²) in [6.45, 7) is 2.66. The third kappa shape index (κ3) is 4.50. The number of thiazole rings is 1. The summed E-state index contributed by atoms with van der Waals surface area (Å²) in [5.74, 6) is 0.745. The van der Waals surface area contributed by atoms with Crippen LogP contribution in [0.3, 0.4) is 0 Å². The molecule has 1 saturated heterocycles. The van der Waals surface area contributed by atoms with Gasteiger partial charge >= 0.3 is 0 Å². The maximum Gasteiger partial charge on any atom is 0.239 e. The molecule has 1 atom stereocenters. The van der Waals surface area contributed by atoms with E-state index in [1.807, 2.05) is 18.2 Å². The Morgan fingerprint density at radius 1 is 1.48 bits per heavy atom. The molecule has 6 nitrogen and oxygen atoms in total. The van der Waals surface area contributed by atoms with E-state index in [0.29, 0.717) is 11.7 Å². The Balaban J connectivity index is 1.86. The van der Waals surface area contributed by atoms with E-state index in [0.717, 1.165) is 47.2 Å². The van der Waals surface area contributed by atoms with Gasteiger partial charge < -0.3 is 9.47 Å². The van der Waals surface area contributed by atoms with Gasteiger partial charge in [-0.15, -0.1) is 0 Å². The van der Waals surface area contributed by atoms with Crippen molar-refractivity contribution in [1.82, 2.24) is 4.98 Å². The third-order valence-corrected chi connectivity index (χ3v) is 5.76. The van der Waals surface area contributed by atoms with Gasteiger partial charge in [-0.05, 0) is 31.0 Å². The summed E-state index contributed by atoms with van der Waals surface area (Å²) in [4.78, 5) is 30.1. The summed E-state index contributed by atoms with van der Waals surface area (Å²) in [5, 5.41) is 0.562. The van der Waals surface area contributed by atoms with Crippen LogP contribution in [0.25, 0.3) is 10.2 Å². The molecule has 25 heavy (non-hydrogen) atoms. The summed E-state index contributed by atoms with van der Waals surface area (Å²) in [6.07, 6.45) is 1.96. The van der Waals surface area contributed by atoms with E-state index in [9.17, 15) is 9.59 Å². The smallest absolute Gasteiger partial charge is 0.239 e. The molecule has 0 saturated carbocycles. The van der Waals surface area contributed by atoms with Gasteiger partial charge in [0.05, 0.1) is 35.7 Å². The van der Waals surface area contributed by atoms with Crippen LogP contribution in [0.4, 0.5) is 5.13 Å². The van der Waals surface area contributed by atoms with Crippen molar-refractivity contribution in [2.45, 2.75) is 25.9 Å². The number of rotatable bonds is 6. The zero-order chi connectivity index (χ0) is 17.8. The lowest BCUT2D eigenvalue weighted by Gasteiger charge is -2.22. The lowest BCUT2D eigenvalue weighted by Crippen LogP contribution is -2.38. The quantitative estimate of drug-likeness (QED) is 0.767. The number of carbonyl (C=O) groups excluding carboxylic acids is 2. The van der Waals surface area contributed by atoms with Gasteiger partial charge in [-0.1, -0.05) is 23.1 Å². The predicted molar refractivity (Wildman–Crippen MR) is 101 cm³/mol. The van der Waals surface area contributed by atoms with Crippen LogP contribution in [0.2, 0.25) is 0 Å². The van der Waals surface area contributed by atoms with E-state index < -0.39 is 0 Å². The van der Waals surface area contributed by atoms with Crippen LogP contribution in [0.15, 0.2) is 18.2 Å². The topological polar surface area (TPSA) is 68.7 Å². The second-order valence-electron chi connectivity index (χ2n) is 5.75. The number of benzene rings is 1. The van der Waals surface area contributed by atoms with Crippen molar-refractivity contribution in [3.8, 4) is 5.75 Å². The fourth-order valence-electron chi connectivity index (χ4n) is 2.66. The van der Waals surface area contributed by atoms with Gasteiger partial charge in [0, 0.05) is 13.5 Å². The number of hydrogen-bond donors (Lipinski definition) is 0. The maximum atomic E-state index is 12.7. The minimum atomic E-state index is -0.123. The standard InChI is InChI=1S/C17H20N2O4S2/c1-11(20)24-10-16(21)19(9-13-4-3-7-23-13)17-18-14-6-5-12(22-2)8-15(14)25-17/h5-6,8,13H,3-4,7,9-10H2,1-2H3. The van der Waals surface area contributed by atoms with E-state index >= 15 is 0 Å². The van der Waals surface area contributed by atoms with Gasteiger partial charge in [0.2, 0.25) is 5.91 Å². The molecule has 3 rings (SSSR count). The van der Waals surface area contributed by atoms with Gasteiger partial charge in [-0.25, -0.2) is 4.98 Å². The summed E-state index contributed by atoms with van der Waals surface area (Å²) in [6, 6.07) is 5.65. The number of thioether (sulfide) groups is 1. The van der Waals surface area contributed by atoms with E-state index in [4.69, 9.17) is 9.47 Å². The first-order valence-corrected chi connectivity index (χ1v) is 9.87. The SMILES string of the molecule is COc1ccc2nc(N(CC3CCCO3)C(=O)CSC(C)=O)sc2c1. The molecule has 0 aliphatic carbocycles. The van der Waals surface area contributed by atoms with Crippen LogP contribution < -0.4 is 9.64 Å². The normalized spacial score (nSPS) is 17.0. The summed E-state index contributed by atoms with van der Waals surface area (Å²) >= 11 is 2.46. The number of amides is 1. The van der Waals surface area contributed by atoms with Gasteiger partial charge in [0.25, 0.3) is 0 Å². The van der Waals surface area contributed by atoms with Gasteiger partial charge in [-0.3, -0.25) is 14.5 Å². The van der Waals surface area contributed by atoms with Gasteiger partial charge in [0.1, 0.15) is 5.75 Å². The van der Waals surface area contributed by atoms with Crippen LogP contribution in [0.5, 0.6) is 5.75 Å². The molecule has 1 amide bonds. The minimum Gasteiger partial charge on any atom is -0.497 e. The molecule has 1 aromatic heterocycles. The Bertz CT molecular complexity index is 771. The van der Waals surface area contributed by atoms with Crippen molar-refractivity contribution in [1.29, 1.82) is 0 Å². The molecular formula is C17H20N2O4S2. The number of ether oxygens (including phenoxy) is 2. The number of fused-ring (bicyclic) bond motifs is 1. The van der Waals surface area contributed by atoms with Crippen LogP contribution >= 0.6 is 23.1 Å². The van der Waals surface area contributed by atoms with Gasteiger partial charge in [0.15, 0.2) is 10.2 Å². The second-order valence-corrected chi connectivity index (χ2v) is 7.91. The zero-order valence-corrected chi connectivity index (χ0v) is 15.8. The van der Waals surface area contributed by atoms with Crippen molar-refractivity contribution < 1.29 is 19.1 Å². The predicted octanol–water partition coefficient (Wildman–Crippen LogP) is 3.10. The first kappa shape index (κ1) is 18.2. The summed E-state index contributed by atoms with van der Waals surface area (Å²) < 4.78 is 11.9. The molecule has 0 N–H and O–H groups in total. The molecule has 1 unspecified atom stereocenters. The van der Waals surface area contributed by atoms with E-state index in [1.54, 1.807) is 12.0 Å². The van der Waals surface area contributed by atoms with Crippen molar-refractivity contribution in [2.75, 3.05) is 30.9 Å². The van der Waals surface area contributed by atoms with E-state index in [1.165, 1.54) is 18.3 Å². The molecular weight excluding hydrogens is 360 g/mol. The molecule has 2 aromatic rings. The highest BCUT2D eigenvalue weighted by atomic mass is 32.2. The third-order valence-electron chi connectivity index (χ3n) is 3.93. The Morgan fingerprint density at radius 3 is 3.00 bits per heavy atom. The first-order chi connectivity index (χ1) is 12.1. The van der Waals surface area contributed by atoms with Crippen molar-refractivity contribution in [3.05, 3.63) is 18.2 Å². The molecule has 0 radical (unpaired) electrons. The molecule has 1 aliphatic rings. The van der Waals surface area contributed by atoms with Crippen LogP contribution in [0, 0.1) is 0 Å². The van der Waals surface area contributed by atoms with Crippen LogP contribution in [0.1, 0.15) is 19.8 Å². The Morgan fingerprint density at radius 2 is 2.32 bits per heavy atom.